The number of carbonyl (C=O) groups is 1. The first kappa shape index (κ1) is 20.8. The van der Waals surface area contributed by atoms with Gasteiger partial charge in [-0.2, -0.15) is 5.10 Å². The topological polar surface area (TPSA) is 44.1 Å². The highest BCUT2D eigenvalue weighted by Gasteiger charge is 2.19. The molecule has 29 heavy (non-hydrogen) atoms. The molecule has 1 aromatic heterocycles. The highest BCUT2D eigenvalue weighted by atomic mass is 16.5. The van der Waals surface area contributed by atoms with E-state index >= 15 is 0 Å². The average molecular weight is 391 g/mol. The van der Waals surface area contributed by atoms with Crippen molar-refractivity contribution in [3.63, 3.8) is 0 Å². The van der Waals surface area contributed by atoms with Crippen molar-refractivity contribution in [1.29, 1.82) is 0 Å². The second kappa shape index (κ2) is 8.64. The fourth-order valence-corrected chi connectivity index (χ4v) is 3.56. The number of nitrogens with zero attached hydrogens (tertiary/aromatic N) is 2. The van der Waals surface area contributed by atoms with Crippen LogP contribution in [0.4, 0.5) is 0 Å². The Morgan fingerprint density at radius 3 is 2.07 bits per heavy atom. The molecule has 0 aliphatic heterocycles. The van der Waals surface area contributed by atoms with Gasteiger partial charge in [0.2, 0.25) is 0 Å². The quantitative estimate of drug-likeness (QED) is 0.506. The fraction of sp³-hybridized carbons (Fsp3) is 0.360. The zero-order valence-corrected chi connectivity index (χ0v) is 18.3. The van der Waals surface area contributed by atoms with Gasteiger partial charge in [0, 0.05) is 16.7 Å². The van der Waals surface area contributed by atoms with E-state index in [0.29, 0.717) is 19.6 Å². The van der Waals surface area contributed by atoms with Crippen LogP contribution in [0, 0.1) is 34.6 Å². The lowest BCUT2D eigenvalue weighted by Gasteiger charge is -2.10. The highest BCUT2D eigenvalue weighted by molar-refractivity contribution is 5.75. The summed E-state index contributed by atoms with van der Waals surface area (Å²) in [7, 11) is 0. The molecule has 0 spiro atoms. The Kier molecular flexibility index (Phi) is 6.21. The number of aromatic nitrogens is 2. The van der Waals surface area contributed by atoms with E-state index in [1.807, 2.05) is 11.6 Å². The van der Waals surface area contributed by atoms with E-state index in [0.717, 1.165) is 28.1 Å². The number of hydrogen-bond acceptors (Lipinski definition) is 3. The average Bonchev–Trinajstić information content (AvgIpc) is 3.01. The van der Waals surface area contributed by atoms with Crippen LogP contribution in [0.5, 0.6) is 0 Å². The molecule has 0 bridgehead atoms. The molecule has 0 aliphatic carbocycles. The number of carbonyl (C=O) groups excluding carboxylic acids is 1. The number of benzene rings is 2. The van der Waals surface area contributed by atoms with Crippen molar-refractivity contribution in [3.05, 3.63) is 64.2 Å². The predicted molar refractivity (Wildman–Crippen MR) is 118 cm³/mol. The molecule has 0 fully saturated rings. The van der Waals surface area contributed by atoms with Gasteiger partial charge in [-0.25, -0.2) is 0 Å². The molecule has 0 saturated carbocycles. The summed E-state index contributed by atoms with van der Waals surface area (Å²) >= 11 is 0. The van der Waals surface area contributed by atoms with E-state index in [9.17, 15) is 4.79 Å². The molecule has 0 amide bonds. The fourth-order valence-electron chi connectivity index (χ4n) is 3.56. The van der Waals surface area contributed by atoms with Crippen LogP contribution in [0.1, 0.15) is 41.2 Å². The molecular weight excluding hydrogens is 360 g/mol. The first-order chi connectivity index (χ1) is 13.8. The van der Waals surface area contributed by atoms with Gasteiger partial charge in [-0.15, -0.1) is 0 Å². The highest BCUT2D eigenvalue weighted by Crippen LogP contribution is 2.33. The van der Waals surface area contributed by atoms with E-state index in [1.165, 1.54) is 22.3 Å². The molecule has 0 N–H and O–H groups in total. The molecule has 0 saturated heterocycles. The maximum absolute atomic E-state index is 11.9. The molecule has 0 aliphatic rings. The third-order valence-corrected chi connectivity index (χ3v) is 5.58. The van der Waals surface area contributed by atoms with E-state index in [1.54, 1.807) is 0 Å². The van der Waals surface area contributed by atoms with Crippen LogP contribution in [0.15, 0.2) is 36.4 Å². The number of rotatable bonds is 6. The Morgan fingerprint density at radius 1 is 0.897 bits per heavy atom. The van der Waals surface area contributed by atoms with Gasteiger partial charge >= 0.3 is 5.97 Å². The Balaban J connectivity index is 2.10. The molecule has 0 atom stereocenters. The van der Waals surface area contributed by atoms with Crippen LogP contribution in [0.3, 0.4) is 0 Å². The van der Waals surface area contributed by atoms with Crippen LogP contribution < -0.4 is 0 Å². The summed E-state index contributed by atoms with van der Waals surface area (Å²) in [5, 5.41) is 4.92. The van der Waals surface area contributed by atoms with Crippen LogP contribution in [-0.4, -0.2) is 22.4 Å². The van der Waals surface area contributed by atoms with Gasteiger partial charge in [-0.1, -0.05) is 24.3 Å². The Hall–Kier alpha value is -2.88. The number of hydrogen-bond donors (Lipinski definition) is 0. The third kappa shape index (κ3) is 4.42. The van der Waals surface area contributed by atoms with Crippen molar-refractivity contribution in [2.75, 3.05) is 6.61 Å². The van der Waals surface area contributed by atoms with Crippen molar-refractivity contribution in [2.45, 2.75) is 54.5 Å². The predicted octanol–water partition coefficient (Wildman–Crippen LogP) is 5.71. The second-order valence-electron chi connectivity index (χ2n) is 7.70. The van der Waals surface area contributed by atoms with Crippen LogP contribution in [0.25, 0.3) is 22.5 Å². The number of ether oxygens (including phenoxy) is 1. The van der Waals surface area contributed by atoms with E-state index in [-0.39, 0.29) is 5.97 Å². The second-order valence-corrected chi connectivity index (χ2v) is 7.70. The zero-order chi connectivity index (χ0) is 21.1. The minimum absolute atomic E-state index is 0.195. The lowest BCUT2D eigenvalue weighted by atomic mass is 9.98. The largest absolute Gasteiger partial charge is 0.466 e. The molecule has 152 valence electrons. The summed E-state index contributed by atoms with van der Waals surface area (Å²) in [4.78, 5) is 11.9. The summed E-state index contributed by atoms with van der Waals surface area (Å²) in [5.74, 6) is -0.195. The summed E-state index contributed by atoms with van der Waals surface area (Å²) in [5.41, 5.74) is 10.4. The van der Waals surface area contributed by atoms with Gasteiger partial charge in [0.1, 0.15) is 0 Å². The molecular formula is C25H30N2O2. The number of esters is 1. The van der Waals surface area contributed by atoms with Crippen LogP contribution >= 0.6 is 0 Å². The van der Waals surface area contributed by atoms with Crippen molar-refractivity contribution in [3.8, 4) is 22.5 Å². The molecule has 1 heterocycles. The zero-order valence-electron chi connectivity index (χ0n) is 18.3. The third-order valence-electron chi connectivity index (χ3n) is 5.58. The van der Waals surface area contributed by atoms with Gasteiger partial charge in [-0.3, -0.25) is 9.48 Å². The van der Waals surface area contributed by atoms with Crippen LogP contribution in [-0.2, 0) is 16.1 Å². The molecule has 4 heteroatoms. The molecule has 3 rings (SSSR count). The molecule has 0 radical (unpaired) electrons. The molecule has 2 aromatic carbocycles. The first-order valence-corrected chi connectivity index (χ1v) is 10.2. The lowest BCUT2D eigenvalue weighted by Crippen LogP contribution is -2.11. The maximum atomic E-state index is 11.9. The minimum atomic E-state index is -0.195. The normalized spacial score (nSPS) is 11.0. The summed E-state index contributed by atoms with van der Waals surface area (Å²) in [6.45, 7) is 13.3. The lowest BCUT2D eigenvalue weighted by molar-refractivity contribution is -0.143. The van der Waals surface area contributed by atoms with Crippen molar-refractivity contribution < 1.29 is 9.53 Å². The van der Waals surface area contributed by atoms with Gasteiger partial charge in [0.05, 0.1) is 31.0 Å². The first-order valence-electron chi connectivity index (χ1n) is 10.2. The van der Waals surface area contributed by atoms with Gasteiger partial charge < -0.3 is 4.74 Å². The van der Waals surface area contributed by atoms with E-state index < -0.39 is 0 Å². The summed E-state index contributed by atoms with van der Waals surface area (Å²) in [6.07, 6.45) is 0.305. The number of aryl methyl sites for hydroxylation is 5. The monoisotopic (exact) mass is 390 g/mol. The smallest absolute Gasteiger partial charge is 0.307 e. The summed E-state index contributed by atoms with van der Waals surface area (Å²) < 4.78 is 7.07. The Bertz CT molecular complexity index is 1050. The minimum Gasteiger partial charge on any atom is -0.466 e. The van der Waals surface area contributed by atoms with Crippen molar-refractivity contribution >= 4 is 5.97 Å². The SMILES string of the molecule is CCOC(=O)CCn1nc(-c2ccc(C)c(C)c2)c(C)c1-c1ccc(C)c(C)c1. The Morgan fingerprint density at radius 2 is 1.48 bits per heavy atom. The summed E-state index contributed by atoms with van der Waals surface area (Å²) in [6, 6.07) is 12.9. The molecule has 0 unspecified atom stereocenters. The van der Waals surface area contributed by atoms with Crippen LogP contribution in [0.2, 0.25) is 0 Å². The Labute approximate surface area is 173 Å². The van der Waals surface area contributed by atoms with Crippen molar-refractivity contribution in [1.82, 2.24) is 9.78 Å². The molecule has 4 nitrogen and oxygen atoms in total. The van der Waals surface area contributed by atoms with E-state index in [4.69, 9.17) is 9.84 Å². The van der Waals surface area contributed by atoms with Gasteiger partial charge in [0.15, 0.2) is 0 Å². The van der Waals surface area contributed by atoms with E-state index in [2.05, 4.69) is 71.0 Å². The standard InChI is InChI=1S/C25H30N2O2/c1-7-29-23(28)12-13-27-25(22-11-9-17(3)19(5)15-22)20(6)24(26-27)21-10-8-16(2)18(4)14-21/h8-11,14-15H,7,12-13H2,1-6H3. The van der Waals surface area contributed by atoms with Gasteiger partial charge in [0.25, 0.3) is 0 Å². The molecule has 3 aromatic rings. The van der Waals surface area contributed by atoms with Crippen molar-refractivity contribution in [2.24, 2.45) is 0 Å². The maximum Gasteiger partial charge on any atom is 0.307 e. The van der Waals surface area contributed by atoms with Gasteiger partial charge in [-0.05, 0) is 75.9 Å².